The average molecular weight is 227 g/mol. The Morgan fingerprint density at radius 1 is 1.40 bits per heavy atom. The van der Waals surface area contributed by atoms with Gasteiger partial charge in [-0.05, 0) is 25.5 Å². The fraction of sp³-hybridized carbons (Fsp3) is 0.455. The molecule has 0 bridgehead atoms. The van der Waals surface area contributed by atoms with Crippen molar-refractivity contribution >= 4 is 7.37 Å². The van der Waals surface area contributed by atoms with Gasteiger partial charge in [-0.25, -0.2) is 0 Å². The zero-order chi connectivity index (χ0) is 11.3. The molecule has 2 atom stereocenters. The van der Waals surface area contributed by atoms with Crippen molar-refractivity contribution in [3.63, 3.8) is 0 Å². The monoisotopic (exact) mass is 227 g/mol. The molecule has 1 aromatic rings. The van der Waals surface area contributed by atoms with Gasteiger partial charge in [0.1, 0.15) is 0 Å². The maximum Gasteiger partial charge on any atom is 0.207 e. The summed E-state index contributed by atoms with van der Waals surface area (Å²) in [6.07, 6.45) is 0.907. The molecule has 0 saturated heterocycles. The molecular weight excluding hydrogens is 209 g/mol. The molecule has 0 aromatic heterocycles. The van der Waals surface area contributed by atoms with Gasteiger partial charge >= 0.3 is 0 Å². The summed E-state index contributed by atoms with van der Waals surface area (Å²) in [6, 6.07) is 9.44. The van der Waals surface area contributed by atoms with Crippen LogP contribution >= 0.6 is 7.37 Å². The van der Waals surface area contributed by atoms with Gasteiger partial charge in [-0.15, -0.1) is 0 Å². The number of rotatable bonds is 5. The molecule has 0 amide bonds. The minimum absolute atomic E-state index is 0.301. The number of nitrogens with two attached hydrogens (primary N) is 1. The Hall–Kier alpha value is -0.630. The first kappa shape index (κ1) is 12.4. The van der Waals surface area contributed by atoms with E-state index in [0.29, 0.717) is 19.1 Å². The second-order valence-electron chi connectivity index (χ2n) is 3.71. The lowest BCUT2D eigenvalue weighted by Crippen LogP contribution is -2.05. The topological polar surface area (TPSA) is 63.3 Å². The third kappa shape index (κ3) is 3.45. The van der Waals surface area contributed by atoms with Crippen LogP contribution in [0.1, 0.15) is 24.6 Å². The van der Waals surface area contributed by atoms with E-state index in [9.17, 15) is 9.46 Å². The third-order valence-corrected chi connectivity index (χ3v) is 5.04. The lowest BCUT2D eigenvalue weighted by atomic mass is 10.2. The molecule has 2 unspecified atom stereocenters. The zero-order valence-electron chi connectivity index (χ0n) is 8.97. The van der Waals surface area contributed by atoms with E-state index < -0.39 is 7.37 Å². The van der Waals surface area contributed by atoms with Crippen LogP contribution in [0, 0.1) is 0 Å². The van der Waals surface area contributed by atoms with Gasteiger partial charge in [0.25, 0.3) is 0 Å². The van der Waals surface area contributed by atoms with Crippen molar-refractivity contribution in [2.75, 3.05) is 12.7 Å². The quantitative estimate of drug-likeness (QED) is 0.759. The van der Waals surface area contributed by atoms with E-state index in [0.717, 1.165) is 5.56 Å². The van der Waals surface area contributed by atoms with Crippen LogP contribution in [0.4, 0.5) is 0 Å². The molecule has 0 heterocycles. The van der Waals surface area contributed by atoms with Crippen molar-refractivity contribution in [1.82, 2.24) is 0 Å². The minimum atomic E-state index is -3.10. The summed E-state index contributed by atoms with van der Waals surface area (Å²) < 4.78 is 12.0. The van der Waals surface area contributed by atoms with Crippen LogP contribution in [0.5, 0.6) is 0 Å². The van der Waals surface area contributed by atoms with Gasteiger partial charge in [-0.2, -0.15) is 0 Å². The number of hydrogen-bond donors (Lipinski definition) is 2. The highest BCUT2D eigenvalue weighted by Crippen LogP contribution is 2.55. The summed E-state index contributed by atoms with van der Waals surface area (Å²) in [7, 11) is -3.10. The molecular formula is C11H18NO2P. The van der Waals surface area contributed by atoms with Crippen molar-refractivity contribution in [3.05, 3.63) is 35.9 Å². The Bertz CT molecular complexity index is 340. The van der Waals surface area contributed by atoms with Gasteiger partial charge in [-0.1, -0.05) is 30.3 Å². The Labute approximate surface area is 90.8 Å². The largest absolute Gasteiger partial charge is 0.344 e. The van der Waals surface area contributed by atoms with E-state index in [1.165, 1.54) is 0 Å². The normalized spacial score (nSPS) is 17.0. The highest BCUT2D eigenvalue weighted by molar-refractivity contribution is 7.58. The highest BCUT2D eigenvalue weighted by Gasteiger charge is 2.27. The summed E-state index contributed by atoms with van der Waals surface area (Å²) >= 11 is 0. The molecule has 3 N–H and O–H groups in total. The lowest BCUT2D eigenvalue weighted by molar-refractivity contribution is 0.465. The fourth-order valence-electron chi connectivity index (χ4n) is 1.48. The lowest BCUT2D eigenvalue weighted by Gasteiger charge is -2.19. The molecule has 1 rings (SSSR count). The van der Waals surface area contributed by atoms with Crippen molar-refractivity contribution in [2.45, 2.75) is 19.0 Å². The Morgan fingerprint density at radius 2 is 2.00 bits per heavy atom. The standard InChI is InChI=1S/C11H18NO2P/c1-10(11-6-3-2-4-7-11)15(13,14)9-5-8-12/h2-4,6-7,10H,5,8-9,12H2,1H3,(H,13,14). The van der Waals surface area contributed by atoms with Crippen LogP contribution < -0.4 is 5.73 Å². The smallest absolute Gasteiger partial charge is 0.207 e. The van der Waals surface area contributed by atoms with E-state index in [1.807, 2.05) is 30.3 Å². The summed E-state index contributed by atoms with van der Waals surface area (Å²) in [5, 5.41) is 0. The molecule has 0 aliphatic rings. The molecule has 4 heteroatoms. The molecule has 0 saturated carbocycles. The van der Waals surface area contributed by atoms with E-state index in [-0.39, 0.29) is 5.66 Å². The molecule has 0 aliphatic heterocycles. The first-order valence-corrected chi connectivity index (χ1v) is 7.06. The molecule has 0 aliphatic carbocycles. The van der Waals surface area contributed by atoms with Gasteiger partial charge in [0.2, 0.25) is 7.37 Å². The maximum absolute atomic E-state index is 12.0. The number of benzene rings is 1. The summed E-state index contributed by atoms with van der Waals surface area (Å²) in [6.45, 7) is 2.26. The molecule has 1 aromatic carbocycles. The fourth-order valence-corrected chi connectivity index (χ4v) is 3.14. The maximum atomic E-state index is 12.0. The Kier molecular flexibility index (Phi) is 4.52. The van der Waals surface area contributed by atoms with Crippen LogP contribution in [0.2, 0.25) is 0 Å². The van der Waals surface area contributed by atoms with Crippen molar-refractivity contribution in [1.29, 1.82) is 0 Å². The van der Waals surface area contributed by atoms with E-state index >= 15 is 0 Å². The molecule has 0 spiro atoms. The Morgan fingerprint density at radius 3 is 2.53 bits per heavy atom. The predicted octanol–water partition coefficient (Wildman–Crippen LogP) is 2.37. The molecule has 3 nitrogen and oxygen atoms in total. The van der Waals surface area contributed by atoms with Crippen LogP contribution in [-0.2, 0) is 4.57 Å². The van der Waals surface area contributed by atoms with Gasteiger partial charge in [-0.3, -0.25) is 4.57 Å². The highest BCUT2D eigenvalue weighted by atomic mass is 31.2. The average Bonchev–Trinajstić information content (AvgIpc) is 2.26. The molecule has 15 heavy (non-hydrogen) atoms. The van der Waals surface area contributed by atoms with E-state index in [4.69, 9.17) is 5.73 Å². The van der Waals surface area contributed by atoms with Gasteiger partial charge in [0.05, 0.1) is 5.66 Å². The first-order chi connectivity index (χ1) is 7.08. The van der Waals surface area contributed by atoms with Crippen LogP contribution in [0.3, 0.4) is 0 Å². The number of hydrogen-bond acceptors (Lipinski definition) is 2. The minimum Gasteiger partial charge on any atom is -0.344 e. The van der Waals surface area contributed by atoms with Gasteiger partial charge < -0.3 is 10.6 Å². The third-order valence-electron chi connectivity index (χ3n) is 2.57. The van der Waals surface area contributed by atoms with Crippen molar-refractivity contribution in [2.24, 2.45) is 5.73 Å². The second-order valence-corrected chi connectivity index (χ2v) is 6.44. The van der Waals surface area contributed by atoms with Gasteiger partial charge in [0, 0.05) is 6.16 Å². The van der Waals surface area contributed by atoms with Gasteiger partial charge in [0.15, 0.2) is 0 Å². The predicted molar refractivity (Wildman–Crippen MR) is 63.2 cm³/mol. The summed E-state index contributed by atoms with van der Waals surface area (Å²) in [5.74, 6) is 0. The molecule has 0 fully saturated rings. The first-order valence-electron chi connectivity index (χ1n) is 5.14. The zero-order valence-corrected chi connectivity index (χ0v) is 9.86. The second kappa shape index (κ2) is 5.45. The molecule has 84 valence electrons. The Balaban J connectivity index is 2.75. The van der Waals surface area contributed by atoms with Crippen LogP contribution in [0.15, 0.2) is 30.3 Å². The van der Waals surface area contributed by atoms with Crippen molar-refractivity contribution in [3.8, 4) is 0 Å². The summed E-state index contributed by atoms with van der Waals surface area (Å²) in [4.78, 5) is 9.87. The SMILES string of the molecule is CC(c1ccccc1)P(=O)(O)CCCN. The van der Waals surface area contributed by atoms with E-state index in [1.54, 1.807) is 6.92 Å². The van der Waals surface area contributed by atoms with Crippen molar-refractivity contribution < 1.29 is 9.46 Å². The molecule has 0 radical (unpaired) electrons. The summed E-state index contributed by atoms with van der Waals surface area (Å²) in [5.41, 5.74) is 5.96. The van der Waals surface area contributed by atoms with Crippen LogP contribution in [0.25, 0.3) is 0 Å². The van der Waals surface area contributed by atoms with Crippen LogP contribution in [-0.4, -0.2) is 17.6 Å². The van der Waals surface area contributed by atoms with E-state index in [2.05, 4.69) is 0 Å².